The van der Waals surface area contributed by atoms with E-state index in [1.165, 1.54) is 0 Å². The first-order chi connectivity index (χ1) is 11.9. The van der Waals surface area contributed by atoms with Crippen molar-refractivity contribution in [3.8, 4) is 11.6 Å². The predicted octanol–water partition coefficient (Wildman–Crippen LogP) is 3.19. The molecule has 3 rings (SSSR count). The van der Waals surface area contributed by atoms with Crippen molar-refractivity contribution >= 4 is 22.8 Å². The molecule has 0 saturated carbocycles. The summed E-state index contributed by atoms with van der Waals surface area (Å²) < 4.78 is 63.9. The minimum atomic E-state index is -4.92. The fourth-order valence-corrected chi connectivity index (χ4v) is 1.86. The third-order valence-corrected chi connectivity index (χ3v) is 2.79. The highest BCUT2D eigenvalue weighted by molar-refractivity contribution is 5.71. The van der Waals surface area contributed by atoms with Crippen LogP contribution in [0.3, 0.4) is 0 Å². The summed E-state index contributed by atoms with van der Waals surface area (Å²) in [5.41, 5.74) is -0.0348. The van der Waals surface area contributed by atoms with Gasteiger partial charge in [0, 0.05) is 6.07 Å². The van der Waals surface area contributed by atoms with Crippen molar-refractivity contribution < 1.29 is 31.7 Å². The van der Waals surface area contributed by atoms with Crippen LogP contribution in [0.4, 0.5) is 29.1 Å². The minimum absolute atomic E-state index is 0.000665. The summed E-state index contributed by atoms with van der Waals surface area (Å²) in [4.78, 5) is 8.03. The molecule has 2 aromatic heterocycles. The first kappa shape index (κ1) is 16.7. The summed E-state index contributed by atoms with van der Waals surface area (Å²) in [6.45, 7) is 1.93. The summed E-state index contributed by atoms with van der Waals surface area (Å²) in [6, 6.07) is 2.59. The van der Waals surface area contributed by atoms with E-state index in [2.05, 4.69) is 35.0 Å². The van der Waals surface area contributed by atoms with E-state index in [0.29, 0.717) is 6.07 Å². The summed E-state index contributed by atoms with van der Waals surface area (Å²) in [7, 11) is 0. The van der Waals surface area contributed by atoms with E-state index in [1.807, 2.05) is 0 Å². The van der Waals surface area contributed by atoms with Crippen LogP contribution in [0.2, 0.25) is 0 Å². The molecule has 0 aliphatic rings. The van der Waals surface area contributed by atoms with Crippen molar-refractivity contribution in [3.63, 3.8) is 0 Å². The number of hydrogen-bond donors (Lipinski definition) is 1. The zero-order valence-corrected chi connectivity index (χ0v) is 12.5. The first-order valence-corrected chi connectivity index (χ1v) is 6.81. The molecule has 25 heavy (non-hydrogen) atoms. The number of ether oxygens (including phenoxy) is 2. The topological polar surface area (TPSA) is 95.2 Å². The number of alkyl halides is 3. The van der Waals surface area contributed by atoms with Gasteiger partial charge in [0.05, 0.1) is 12.3 Å². The predicted molar refractivity (Wildman–Crippen MR) is 74.9 cm³/mol. The van der Waals surface area contributed by atoms with Crippen molar-refractivity contribution in [2.24, 2.45) is 0 Å². The number of anilines is 2. The summed E-state index contributed by atoms with van der Waals surface area (Å²) in [6.07, 6.45) is -4.92. The van der Waals surface area contributed by atoms with Crippen molar-refractivity contribution in [2.75, 3.05) is 11.9 Å². The van der Waals surface area contributed by atoms with Gasteiger partial charge in [-0.3, -0.25) is 0 Å². The van der Waals surface area contributed by atoms with Crippen LogP contribution in [0.15, 0.2) is 22.8 Å². The Kier molecular flexibility index (Phi) is 4.25. The molecule has 0 bridgehead atoms. The standard InChI is InChI=1S/C13H9F4N5O3/c1-2-23-12-11(19-9-10(20-12)22-25-21-9)18-8-4-3-6(5-7(8)14)24-13(15,16)17/h3-5H,2H2,1H3,(H,18,19,21). The number of nitrogens with one attached hydrogen (secondary N) is 1. The van der Waals surface area contributed by atoms with Gasteiger partial charge in [0.2, 0.25) is 11.3 Å². The maximum absolute atomic E-state index is 14.0. The lowest BCUT2D eigenvalue weighted by Crippen LogP contribution is -2.17. The van der Waals surface area contributed by atoms with Gasteiger partial charge in [-0.25, -0.2) is 9.02 Å². The lowest BCUT2D eigenvalue weighted by molar-refractivity contribution is -0.274. The normalized spacial score (nSPS) is 11.6. The van der Waals surface area contributed by atoms with Gasteiger partial charge in [0.1, 0.15) is 11.6 Å². The lowest BCUT2D eigenvalue weighted by atomic mass is 10.3. The second-order valence-electron chi connectivity index (χ2n) is 4.54. The third kappa shape index (κ3) is 3.84. The van der Waals surface area contributed by atoms with Crippen LogP contribution in [-0.4, -0.2) is 33.3 Å². The molecule has 12 heteroatoms. The van der Waals surface area contributed by atoms with E-state index in [4.69, 9.17) is 4.74 Å². The molecular weight excluding hydrogens is 350 g/mol. The van der Waals surface area contributed by atoms with E-state index in [9.17, 15) is 17.6 Å². The van der Waals surface area contributed by atoms with Gasteiger partial charge < -0.3 is 14.8 Å². The maximum Gasteiger partial charge on any atom is 0.573 e. The summed E-state index contributed by atoms with van der Waals surface area (Å²) in [5.74, 6) is -1.69. The quantitative estimate of drug-likeness (QED) is 0.694. The molecule has 0 fully saturated rings. The second kappa shape index (κ2) is 6.37. The number of halogens is 4. The third-order valence-electron chi connectivity index (χ3n) is 2.79. The van der Waals surface area contributed by atoms with Gasteiger partial charge in [-0.15, -0.1) is 13.2 Å². The molecule has 2 heterocycles. The fourth-order valence-electron chi connectivity index (χ4n) is 1.86. The number of fused-ring (bicyclic) bond motifs is 1. The molecular formula is C13H9F4N5O3. The summed E-state index contributed by atoms with van der Waals surface area (Å²) in [5, 5.41) is 9.59. The van der Waals surface area contributed by atoms with E-state index < -0.39 is 17.9 Å². The zero-order chi connectivity index (χ0) is 18.0. The average Bonchev–Trinajstić information content (AvgIpc) is 2.96. The van der Waals surface area contributed by atoms with Gasteiger partial charge >= 0.3 is 6.36 Å². The Bertz CT molecular complexity index is 899. The maximum atomic E-state index is 14.0. The molecule has 0 amide bonds. The van der Waals surface area contributed by atoms with E-state index >= 15 is 0 Å². The SMILES string of the molecule is CCOc1nc2nonc2nc1Nc1ccc(OC(F)(F)F)cc1F. The number of benzene rings is 1. The summed E-state index contributed by atoms with van der Waals surface area (Å²) >= 11 is 0. The van der Waals surface area contributed by atoms with Gasteiger partial charge in [-0.05, 0) is 29.4 Å². The Balaban J connectivity index is 1.91. The number of aromatic nitrogens is 4. The molecule has 0 aliphatic carbocycles. The van der Waals surface area contributed by atoms with Crippen LogP contribution in [0, 0.1) is 5.82 Å². The number of rotatable bonds is 5. The van der Waals surface area contributed by atoms with Crippen LogP contribution in [0.1, 0.15) is 6.92 Å². The Morgan fingerprint density at radius 1 is 1.16 bits per heavy atom. The Morgan fingerprint density at radius 3 is 2.52 bits per heavy atom. The van der Waals surface area contributed by atoms with Crippen molar-refractivity contribution in [1.29, 1.82) is 0 Å². The molecule has 0 radical (unpaired) electrons. The van der Waals surface area contributed by atoms with Crippen LogP contribution in [-0.2, 0) is 0 Å². The van der Waals surface area contributed by atoms with Gasteiger partial charge in [0.15, 0.2) is 5.82 Å². The van der Waals surface area contributed by atoms with Crippen LogP contribution in [0.25, 0.3) is 11.3 Å². The minimum Gasteiger partial charge on any atom is -0.475 e. The van der Waals surface area contributed by atoms with Crippen LogP contribution < -0.4 is 14.8 Å². The van der Waals surface area contributed by atoms with Crippen molar-refractivity contribution in [3.05, 3.63) is 24.0 Å². The highest BCUT2D eigenvalue weighted by atomic mass is 19.4. The highest BCUT2D eigenvalue weighted by Gasteiger charge is 2.31. The van der Waals surface area contributed by atoms with Gasteiger partial charge in [-0.2, -0.15) is 9.97 Å². The lowest BCUT2D eigenvalue weighted by Gasteiger charge is -2.12. The van der Waals surface area contributed by atoms with Crippen LogP contribution >= 0.6 is 0 Å². The monoisotopic (exact) mass is 359 g/mol. The first-order valence-electron chi connectivity index (χ1n) is 6.81. The molecule has 8 nitrogen and oxygen atoms in total. The zero-order valence-electron chi connectivity index (χ0n) is 12.5. The molecule has 3 aromatic rings. The molecule has 0 spiro atoms. The molecule has 132 valence electrons. The van der Waals surface area contributed by atoms with Crippen molar-refractivity contribution in [2.45, 2.75) is 13.3 Å². The molecule has 0 saturated heterocycles. The Labute approximate surface area is 136 Å². The Hall–Kier alpha value is -3.18. The second-order valence-corrected chi connectivity index (χ2v) is 4.54. The molecule has 0 atom stereocenters. The van der Waals surface area contributed by atoms with Gasteiger partial charge in [0.25, 0.3) is 5.88 Å². The highest BCUT2D eigenvalue weighted by Crippen LogP contribution is 2.30. The molecule has 1 aromatic carbocycles. The number of hydrogen-bond acceptors (Lipinski definition) is 8. The fraction of sp³-hybridized carbons (Fsp3) is 0.231. The van der Waals surface area contributed by atoms with E-state index in [-0.39, 0.29) is 35.3 Å². The molecule has 1 N–H and O–H groups in total. The van der Waals surface area contributed by atoms with Gasteiger partial charge in [-0.1, -0.05) is 0 Å². The molecule has 0 unspecified atom stereocenters. The smallest absolute Gasteiger partial charge is 0.475 e. The Morgan fingerprint density at radius 2 is 1.88 bits per heavy atom. The average molecular weight is 359 g/mol. The van der Waals surface area contributed by atoms with E-state index in [0.717, 1.165) is 12.1 Å². The largest absolute Gasteiger partial charge is 0.573 e. The van der Waals surface area contributed by atoms with E-state index in [1.54, 1.807) is 6.92 Å². The molecule has 0 aliphatic heterocycles. The van der Waals surface area contributed by atoms with Crippen LogP contribution in [0.5, 0.6) is 11.6 Å². The number of nitrogens with zero attached hydrogens (tertiary/aromatic N) is 4. The van der Waals surface area contributed by atoms with Crippen molar-refractivity contribution in [1.82, 2.24) is 20.3 Å².